The first-order valence-electron chi connectivity index (χ1n) is 5.66. The summed E-state index contributed by atoms with van der Waals surface area (Å²) in [5.41, 5.74) is 8.41. The van der Waals surface area contributed by atoms with E-state index in [4.69, 9.17) is 5.73 Å². The van der Waals surface area contributed by atoms with E-state index in [-0.39, 0.29) is 11.3 Å². The van der Waals surface area contributed by atoms with Crippen molar-refractivity contribution < 1.29 is 9.18 Å². The predicted octanol–water partition coefficient (Wildman–Crippen LogP) is 3.26. The molecule has 0 heterocycles. The van der Waals surface area contributed by atoms with Crippen molar-refractivity contribution in [2.45, 2.75) is 13.8 Å². The summed E-state index contributed by atoms with van der Waals surface area (Å²) in [6.07, 6.45) is 0. The van der Waals surface area contributed by atoms with Gasteiger partial charge in [-0.2, -0.15) is 0 Å². The summed E-state index contributed by atoms with van der Waals surface area (Å²) in [6, 6.07) is 9.51. The molecular weight excluding hydrogens is 229 g/mol. The third kappa shape index (κ3) is 2.25. The van der Waals surface area contributed by atoms with Gasteiger partial charge in [-0.25, -0.2) is 4.39 Å². The van der Waals surface area contributed by atoms with Gasteiger partial charge >= 0.3 is 0 Å². The Morgan fingerprint density at radius 3 is 2.44 bits per heavy atom. The van der Waals surface area contributed by atoms with Crippen molar-refractivity contribution in [1.82, 2.24) is 0 Å². The zero-order valence-corrected chi connectivity index (χ0v) is 10.3. The molecule has 0 spiro atoms. The van der Waals surface area contributed by atoms with E-state index in [1.54, 1.807) is 37.3 Å². The summed E-state index contributed by atoms with van der Waals surface area (Å²) in [7, 11) is 0. The molecular formula is C15H14FNO. The molecule has 0 aliphatic rings. The summed E-state index contributed by atoms with van der Waals surface area (Å²) in [4.78, 5) is 12.3. The van der Waals surface area contributed by atoms with E-state index in [9.17, 15) is 9.18 Å². The van der Waals surface area contributed by atoms with Crippen LogP contribution in [0.15, 0.2) is 36.4 Å². The molecule has 0 amide bonds. The molecule has 2 nitrogen and oxygen atoms in total. The Balaban J connectivity index is 2.51. The van der Waals surface area contributed by atoms with Crippen LogP contribution in [0.1, 0.15) is 27.0 Å². The van der Waals surface area contributed by atoms with Crippen LogP contribution in [0.2, 0.25) is 0 Å². The maximum absolute atomic E-state index is 13.7. The first-order valence-corrected chi connectivity index (χ1v) is 5.66. The first kappa shape index (κ1) is 12.3. The fourth-order valence-electron chi connectivity index (χ4n) is 1.90. The number of halogens is 1. The van der Waals surface area contributed by atoms with Crippen LogP contribution in [0.3, 0.4) is 0 Å². The maximum Gasteiger partial charge on any atom is 0.196 e. The van der Waals surface area contributed by atoms with Crippen molar-refractivity contribution in [2.24, 2.45) is 0 Å². The predicted molar refractivity (Wildman–Crippen MR) is 70.2 cm³/mol. The molecule has 0 saturated carbocycles. The van der Waals surface area contributed by atoms with Crippen LogP contribution < -0.4 is 5.73 Å². The van der Waals surface area contributed by atoms with Crippen LogP contribution in [0.4, 0.5) is 10.1 Å². The highest BCUT2D eigenvalue weighted by Gasteiger charge is 2.16. The lowest BCUT2D eigenvalue weighted by Gasteiger charge is -2.07. The Morgan fingerprint density at radius 2 is 1.78 bits per heavy atom. The molecule has 0 bridgehead atoms. The Kier molecular flexibility index (Phi) is 3.15. The van der Waals surface area contributed by atoms with Crippen LogP contribution in [0.5, 0.6) is 0 Å². The number of nitrogens with two attached hydrogens (primary N) is 1. The summed E-state index contributed by atoms with van der Waals surface area (Å²) in [5, 5.41) is 0. The molecule has 0 unspecified atom stereocenters. The molecule has 2 rings (SSSR count). The van der Waals surface area contributed by atoms with E-state index in [1.807, 2.05) is 6.92 Å². The molecule has 3 heteroatoms. The Morgan fingerprint density at radius 1 is 1.06 bits per heavy atom. The normalized spacial score (nSPS) is 10.4. The minimum absolute atomic E-state index is 0.0999. The van der Waals surface area contributed by atoms with Crippen LogP contribution in [-0.4, -0.2) is 5.78 Å². The highest BCUT2D eigenvalue weighted by Crippen LogP contribution is 2.19. The van der Waals surface area contributed by atoms with E-state index in [0.29, 0.717) is 11.3 Å². The molecule has 0 aliphatic carbocycles. The van der Waals surface area contributed by atoms with Gasteiger partial charge in [-0.15, -0.1) is 0 Å². The maximum atomic E-state index is 13.7. The standard InChI is InChI=1S/C15H14FNO/c1-9-3-6-14(16)13(7-9)15(18)12-5-4-11(17)8-10(12)2/h3-8H,17H2,1-2H3. The largest absolute Gasteiger partial charge is 0.399 e. The zero-order valence-electron chi connectivity index (χ0n) is 10.3. The molecule has 0 aromatic heterocycles. The molecule has 92 valence electrons. The van der Waals surface area contributed by atoms with Crippen molar-refractivity contribution in [3.63, 3.8) is 0 Å². The first-order chi connectivity index (χ1) is 8.49. The van der Waals surface area contributed by atoms with Gasteiger partial charge in [-0.05, 0) is 49.7 Å². The van der Waals surface area contributed by atoms with Crippen molar-refractivity contribution in [3.8, 4) is 0 Å². The van der Waals surface area contributed by atoms with E-state index >= 15 is 0 Å². The average molecular weight is 243 g/mol. The minimum atomic E-state index is -0.498. The van der Waals surface area contributed by atoms with E-state index in [2.05, 4.69) is 0 Å². The molecule has 0 atom stereocenters. The van der Waals surface area contributed by atoms with E-state index in [1.165, 1.54) is 6.07 Å². The van der Waals surface area contributed by atoms with Gasteiger partial charge in [0.05, 0.1) is 5.56 Å². The van der Waals surface area contributed by atoms with Crippen molar-refractivity contribution in [2.75, 3.05) is 5.73 Å². The summed E-state index contributed by atoms with van der Waals surface area (Å²) >= 11 is 0. The highest BCUT2D eigenvalue weighted by atomic mass is 19.1. The second-order valence-electron chi connectivity index (χ2n) is 4.39. The Labute approximate surface area is 105 Å². The SMILES string of the molecule is Cc1ccc(F)c(C(=O)c2ccc(N)cc2C)c1. The number of carbonyl (C=O) groups excluding carboxylic acids is 1. The van der Waals surface area contributed by atoms with Gasteiger partial charge in [0.15, 0.2) is 5.78 Å². The monoisotopic (exact) mass is 243 g/mol. The molecule has 0 aliphatic heterocycles. The van der Waals surface area contributed by atoms with Crippen molar-refractivity contribution in [3.05, 3.63) is 64.5 Å². The molecule has 0 radical (unpaired) electrons. The number of hydrogen-bond donors (Lipinski definition) is 1. The molecule has 2 aromatic carbocycles. The second kappa shape index (κ2) is 4.61. The lowest BCUT2D eigenvalue weighted by Crippen LogP contribution is -2.07. The smallest absolute Gasteiger partial charge is 0.196 e. The summed E-state index contributed by atoms with van der Waals surface area (Å²) in [6.45, 7) is 3.61. The van der Waals surface area contributed by atoms with Gasteiger partial charge in [0, 0.05) is 11.3 Å². The third-order valence-corrected chi connectivity index (χ3v) is 2.86. The second-order valence-corrected chi connectivity index (χ2v) is 4.39. The number of benzene rings is 2. The van der Waals surface area contributed by atoms with Gasteiger partial charge in [-0.1, -0.05) is 11.6 Å². The van der Waals surface area contributed by atoms with Gasteiger partial charge in [0.25, 0.3) is 0 Å². The van der Waals surface area contributed by atoms with Gasteiger partial charge in [-0.3, -0.25) is 4.79 Å². The number of aryl methyl sites for hydroxylation is 2. The van der Waals surface area contributed by atoms with Crippen LogP contribution in [-0.2, 0) is 0 Å². The van der Waals surface area contributed by atoms with E-state index in [0.717, 1.165) is 11.1 Å². The molecule has 2 N–H and O–H groups in total. The lowest BCUT2D eigenvalue weighted by atomic mass is 9.97. The molecule has 18 heavy (non-hydrogen) atoms. The molecule has 2 aromatic rings. The minimum Gasteiger partial charge on any atom is -0.399 e. The number of anilines is 1. The topological polar surface area (TPSA) is 43.1 Å². The Hall–Kier alpha value is -2.16. The number of hydrogen-bond acceptors (Lipinski definition) is 2. The van der Waals surface area contributed by atoms with Crippen LogP contribution in [0.25, 0.3) is 0 Å². The summed E-state index contributed by atoms with van der Waals surface area (Å²) in [5.74, 6) is -0.810. The van der Waals surface area contributed by atoms with Crippen LogP contribution in [0, 0.1) is 19.7 Å². The average Bonchev–Trinajstić information content (AvgIpc) is 2.31. The number of nitrogen functional groups attached to an aromatic ring is 1. The van der Waals surface area contributed by atoms with Gasteiger partial charge in [0.2, 0.25) is 0 Å². The zero-order chi connectivity index (χ0) is 13.3. The molecule has 0 saturated heterocycles. The quantitative estimate of drug-likeness (QED) is 0.650. The van der Waals surface area contributed by atoms with E-state index < -0.39 is 5.82 Å². The number of carbonyl (C=O) groups is 1. The lowest BCUT2D eigenvalue weighted by molar-refractivity contribution is 0.103. The fourth-order valence-corrected chi connectivity index (χ4v) is 1.90. The van der Waals surface area contributed by atoms with Gasteiger partial charge < -0.3 is 5.73 Å². The summed E-state index contributed by atoms with van der Waals surface area (Å²) < 4.78 is 13.7. The van der Waals surface area contributed by atoms with Crippen LogP contribution >= 0.6 is 0 Å². The van der Waals surface area contributed by atoms with Crippen molar-refractivity contribution >= 4 is 11.5 Å². The van der Waals surface area contributed by atoms with Crippen molar-refractivity contribution in [1.29, 1.82) is 0 Å². The third-order valence-electron chi connectivity index (χ3n) is 2.86. The fraction of sp³-hybridized carbons (Fsp3) is 0.133. The molecule has 0 fully saturated rings. The number of ketones is 1. The number of rotatable bonds is 2. The Bertz CT molecular complexity index is 620. The highest BCUT2D eigenvalue weighted by molar-refractivity contribution is 6.10. The van der Waals surface area contributed by atoms with Gasteiger partial charge in [0.1, 0.15) is 5.82 Å².